The fourth-order valence-corrected chi connectivity index (χ4v) is 6.07. The van der Waals surface area contributed by atoms with Crippen LogP contribution < -0.4 is 11.0 Å². The molecular weight excluding hydrogens is 728 g/mol. The monoisotopic (exact) mass is 751 g/mol. The summed E-state index contributed by atoms with van der Waals surface area (Å²) < 4.78 is 104. The van der Waals surface area contributed by atoms with E-state index in [0.29, 0.717) is 9.25 Å². The molecular formula is C27H24ClF6N9O6S. The number of benzene rings is 1. The van der Waals surface area contributed by atoms with Crippen molar-refractivity contribution in [2.24, 2.45) is 0 Å². The van der Waals surface area contributed by atoms with Crippen molar-refractivity contribution < 1.29 is 49.5 Å². The average Bonchev–Trinajstić information content (AvgIpc) is 3.60. The molecule has 50 heavy (non-hydrogen) atoms. The largest absolute Gasteiger partial charge is 0.416 e. The molecule has 0 saturated carbocycles. The molecule has 1 atom stereocenters. The van der Waals surface area contributed by atoms with E-state index >= 15 is 0 Å². The second kappa shape index (κ2) is 13.8. The molecule has 0 unspecified atom stereocenters. The van der Waals surface area contributed by atoms with E-state index < -0.39 is 76.8 Å². The maximum Gasteiger partial charge on any atom is 0.416 e. The molecule has 23 heteroatoms. The summed E-state index contributed by atoms with van der Waals surface area (Å²) in [6.45, 7) is -4.17. The Morgan fingerprint density at radius 2 is 1.68 bits per heavy atom. The maximum absolute atomic E-state index is 13.7. The number of nitrogens with zero attached hydrogens (tertiary/aromatic N) is 8. The smallest absolute Gasteiger partial charge is 0.382 e. The molecule has 1 aliphatic heterocycles. The number of aliphatic hydroxyl groups excluding tert-OH is 1. The highest BCUT2D eigenvalue weighted by Crippen LogP contribution is 2.25. The Bertz CT molecular complexity index is 2070. The zero-order chi connectivity index (χ0) is 36.6. The first kappa shape index (κ1) is 36.5. The molecule has 2 amide bonds. The number of sulfone groups is 1. The number of carbonyl (C=O) groups excluding carboxylic acids is 2. The third-order valence-corrected chi connectivity index (χ3v) is 9.11. The highest BCUT2D eigenvalue weighted by Gasteiger charge is 2.39. The normalized spacial score (nSPS) is 15.6. The first-order valence-corrected chi connectivity index (χ1v) is 16.5. The lowest BCUT2D eigenvalue weighted by Crippen LogP contribution is -2.44. The van der Waals surface area contributed by atoms with E-state index in [-0.39, 0.29) is 52.5 Å². The number of halogens is 7. The molecule has 2 N–H and O–H groups in total. The zero-order valence-electron chi connectivity index (χ0n) is 25.2. The Balaban J connectivity index is 1.59. The fourth-order valence-electron chi connectivity index (χ4n) is 4.74. The number of rotatable bonds is 9. The van der Waals surface area contributed by atoms with Gasteiger partial charge in [0.1, 0.15) is 13.1 Å². The molecule has 1 fully saturated rings. The lowest BCUT2D eigenvalue weighted by Gasteiger charge is -2.26. The maximum atomic E-state index is 13.7. The van der Waals surface area contributed by atoms with Crippen molar-refractivity contribution in [3.05, 3.63) is 75.4 Å². The van der Waals surface area contributed by atoms with Crippen molar-refractivity contribution in [1.82, 2.24) is 44.3 Å². The number of pyridine rings is 1. The average molecular weight is 752 g/mol. The quantitative estimate of drug-likeness (QED) is 0.237. The summed E-state index contributed by atoms with van der Waals surface area (Å²) in [7, 11) is -3.45. The summed E-state index contributed by atoms with van der Waals surface area (Å²) in [4.78, 5) is 49.0. The number of aromatic nitrogens is 7. The van der Waals surface area contributed by atoms with E-state index in [4.69, 9.17) is 11.6 Å². The summed E-state index contributed by atoms with van der Waals surface area (Å²) >= 11 is 5.92. The van der Waals surface area contributed by atoms with Gasteiger partial charge in [0.25, 0.3) is 11.8 Å². The van der Waals surface area contributed by atoms with Gasteiger partial charge in [0.05, 0.1) is 35.5 Å². The van der Waals surface area contributed by atoms with Gasteiger partial charge in [-0.1, -0.05) is 11.6 Å². The number of alkyl halides is 6. The Labute approximate surface area is 282 Å². The molecule has 1 aliphatic rings. The number of aliphatic hydroxyl groups is 1. The van der Waals surface area contributed by atoms with Crippen LogP contribution in [0.15, 0.2) is 47.5 Å². The molecule has 4 heterocycles. The van der Waals surface area contributed by atoms with Crippen molar-refractivity contribution in [3.63, 3.8) is 0 Å². The number of nitrogens with one attached hydrogen (secondary N) is 1. The second-order valence-corrected chi connectivity index (χ2v) is 13.6. The lowest BCUT2D eigenvalue weighted by atomic mass is 10.2. The molecule has 0 spiro atoms. The van der Waals surface area contributed by atoms with E-state index in [0.717, 1.165) is 28.0 Å². The molecule has 3 aromatic heterocycles. The SMILES string of the molecule is O=C(NCC(F)(F)F)c1ccncc1-n1nc(Cn2nc(-c3ccc(Cl)cc3)n(C[C@H](O)C(F)(F)F)c2=O)nc1C(=O)N1CCS(=O)(=O)CC1. The van der Waals surface area contributed by atoms with Crippen LogP contribution in [-0.4, -0.2) is 114 Å². The van der Waals surface area contributed by atoms with Gasteiger partial charge in [-0.3, -0.25) is 19.1 Å². The molecule has 0 aliphatic carbocycles. The molecule has 1 aromatic carbocycles. The van der Waals surface area contributed by atoms with Gasteiger partial charge < -0.3 is 15.3 Å². The topological polar surface area (TPSA) is 187 Å². The van der Waals surface area contributed by atoms with E-state index in [1.165, 1.54) is 24.3 Å². The summed E-state index contributed by atoms with van der Waals surface area (Å²) in [5, 5.41) is 20.0. The van der Waals surface area contributed by atoms with Crippen molar-refractivity contribution in [2.75, 3.05) is 31.1 Å². The number of amides is 2. The highest BCUT2D eigenvalue weighted by atomic mass is 35.5. The third-order valence-electron chi connectivity index (χ3n) is 7.25. The fraction of sp³-hybridized carbons (Fsp3) is 0.370. The van der Waals surface area contributed by atoms with Gasteiger partial charge in [0.2, 0.25) is 5.82 Å². The van der Waals surface area contributed by atoms with Crippen LogP contribution in [0.5, 0.6) is 0 Å². The second-order valence-electron chi connectivity index (χ2n) is 10.8. The van der Waals surface area contributed by atoms with Crippen LogP contribution in [0.1, 0.15) is 26.8 Å². The summed E-state index contributed by atoms with van der Waals surface area (Å²) in [5.41, 5.74) is -1.77. The first-order valence-electron chi connectivity index (χ1n) is 14.3. The highest BCUT2D eigenvalue weighted by molar-refractivity contribution is 7.91. The third kappa shape index (κ3) is 8.30. The van der Waals surface area contributed by atoms with Crippen molar-refractivity contribution >= 4 is 33.3 Å². The van der Waals surface area contributed by atoms with Crippen LogP contribution in [0.4, 0.5) is 26.3 Å². The predicted molar refractivity (Wildman–Crippen MR) is 160 cm³/mol. The van der Waals surface area contributed by atoms with Gasteiger partial charge in [0.15, 0.2) is 27.6 Å². The predicted octanol–water partition coefficient (Wildman–Crippen LogP) is 1.48. The molecule has 5 rings (SSSR count). The Hall–Kier alpha value is -4.83. The molecule has 268 valence electrons. The summed E-state index contributed by atoms with van der Waals surface area (Å²) in [5.74, 6) is -4.16. The van der Waals surface area contributed by atoms with Crippen LogP contribution >= 0.6 is 11.6 Å². The molecule has 0 radical (unpaired) electrons. The van der Waals surface area contributed by atoms with Crippen LogP contribution in [0, 0.1) is 0 Å². The summed E-state index contributed by atoms with van der Waals surface area (Å²) in [6, 6.07) is 6.53. The van der Waals surface area contributed by atoms with E-state index in [1.807, 2.05) is 0 Å². The van der Waals surface area contributed by atoms with Crippen molar-refractivity contribution in [2.45, 2.75) is 31.5 Å². The summed E-state index contributed by atoms with van der Waals surface area (Å²) in [6.07, 6.45) is -10.8. The first-order chi connectivity index (χ1) is 23.3. The van der Waals surface area contributed by atoms with Crippen LogP contribution in [-0.2, 0) is 22.9 Å². The zero-order valence-corrected chi connectivity index (χ0v) is 26.8. The Morgan fingerprint density at radius 3 is 2.30 bits per heavy atom. The minimum absolute atomic E-state index is 0.138. The van der Waals surface area contributed by atoms with Gasteiger partial charge in [0, 0.05) is 29.9 Å². The molecule has 15 nitrogen and oxygen atoms in total. The van der Waals surface area contributed by atoms with Crippen molar-refractivity contribution in [1.29, 1.82) is 0 Å². The van der Waals surface area contributed by atoms with Gasteiger partial charge in [-0.25, -0.2) is 27.6 Å². The molecule has 1 saturated heterocycles. The van der Waals surface area contributed by atoms with Gasteiger partial charge in [-0.05, 0) is 30.3 Å². The Morgan fingerprint density at radius 1 is 1.02 bits per heavy atom. The standard InChI is InChI=1S/C27H24ClF6N9O6S/c28-16-3-1-15(2-4-16)21-39-42(25(47)41(21)12-19(44)27(32,33)34)13-20-37-22(24(46)40-7-9-50(48,49)10-8-40)43(38-20)18-11-35-6-5-17(18)23(45)36-14-26(29,30)31/h1-6,11,19,44H,7-10,12-14H2,(H,36,45)/t19-/m0/s1. The van der Waals surface area contributed by atoms with Crippen LogP contribution in [0.2, 0.25) is 5.02 Å². The lowest BCUT2D eigenvalue weighted by molar-refractivity contribution is -0.207. The van der Waals surface area contributed by atoms with E-state index in [2.05, 4.69) is 20.2 Å². The van der Waals surface area contributed by atoms with E-state index in [1.54, 1.807) is 5.32 Å². The van der Waals surface area contributed by atoms with Crippen LogP contribution in [0.3, 0.4) is 0 Å². The van der Waals surface area contributed by atoms with Gasteiger partial charge in [-0.15, -0.1) is 10.2 Å². The molecule has 4 aromatic rings. The molecule has 0 bridgehead atoms. The minimum atomic E-state index is -5.10. The van der Waals surface area contributed by atoms with Gasteiger partial charge >= 0.3 is 18.0 Å². The number of hydrogen-bond donors (Lipinski definition) is 2. The van der Waals surface area contributed by atoms with E-state index in [9.17, 15) is 54.3 Å². The van der Waals surface area contributed by atoms with Gasteiger partial charge in [-0.2, -0.15) is 26.3 Å². The van der Waals surface area contributed by atoms with Crippen molar-refractivity contribution in [3.8, 4) is 17.1 Å². The van der Waals surface area contributed by atoms with Crippen LogP contribution in [0.25, 0.3) is 17.1 Å². The Kier molecular flexibility index (Phi) is 10.1. The minimum Gasteiger partial charge on any atom is -0.382 e. The number of carbonyl (C=O) groups is 2. The number of hydrogen-bond acceptors (Lipinski definition) is 10.